The molecule has 2 rings (SSSR count). The molecule has 0 aliphatic heterocycles. The summed E-state index contributed by atoms with van der Waals surface area (Å²) < 4.78 is 0. The van der Waals surface area contributed by atoms with Gasteiger partial charge in [0.05, 0.1) is 6.61 Å². The normalized spacial score (nSPS) is 20.0. The van der Waals surface area contributed by atoms with Gasteiger partial charge in [-0.1, -0.05) is 6.92 Å². The van der Waals surface area contributed by atoms with Crippen molar-refractivity contribution < 1.29 is 14.7 Å². The molecule has 1 aliphatic rings. The van der Waals surface area contributed by atoms with Crippen molar-refractivity contribution in [3.63, 3.8) is 0 Å². The monoisotopic (exact) mass is 290 g/mol. The Morgan fingerprint density at radius 2 is 1.95 bits per heavy atom. The standard InChI is InChI=1S/C16H22N2O3/c1-3-18(8-9-19)16(21)12-4-6-13(7-5-12)17-15(20)14-10-11(14)2/h4-7,11,14,19H,3,8-10H2,1-2H3,(H,17,20). The summed E-state index contributed by atoms with van der Waals surface area (Å²) in [6.07, 6.45) is 0.953. The van der Waals surface area contributed by atoms with Gasteiger partial charge < -0.3 is 15.3 Å². The Bertz CT molecular complexity index is 513. The van der Waals surface area contributed by atoms with Gasteiger partial charge in [0.25, 0.3) is 5.91 Å². The second kappa shape index (κ2) is 6.72. The molecule has 1 aliphatic carbocycles. The molecule has 1 saturated carbocycles. The Kier molecular flexibility index (Phi) is 4.96. The van der Waals surface area contributed by atoms with E-state index >= 15 is 0 Å². The highest BCUT2D eigenvalue weighted by Crippen LogP contribution is 2.38. The lowest BCUT2D eigenvalue weighted by Crippen LogP contribution is -2.33. The van der Waals surface area contributed by atoms with Gasteiger partial charge >= 0.3 is 0 Å². The molecule has 0 bridgehead atoms. The zero-order valence-corrected chi connectivity index (χ0v) is 12.5. The lowest BCUT2D eigenvalue weighted by atomic mass is 10.1. The number of nitrogens with one attached hydrogen (secondary N) is 1. The minimum Gasteiger partial charge on any atom is -0.395 e. The molecule has 21 heavy (non-hydrogen) atoms. The van der Waals surface area contributed by atoms with Crippen LogP contribution in [-0.4, -0.2) is 41.5 Å². The van der Waals surface area contributed by atoms with E-state index in [2.05, 4.69) is 12.2 Å². The molecule has 2 unspecified atom stereocenters. The summed E-state index contributed by atoms with van der Waals surface area (Å²) in [5.41, 5.74) is 1.27. The average molecular weight is 290 g/mol. The summed E-state index contributed by atoms with van der Waals surface area (Å²) in [7, 11) is 0. The van der Waals surface area contributed by atoms with E-state index in [0.29, 0.717) is 30.3 Å². The van der Waals surface area contributed by atoms with Crippen molar-refractivity contribution in [1.29, 1.82) is 0 Å². The molecule has 0 aromatic heterocycles. The average Bonchev–Trinajstić information content (AvgIpc) is 3.22. The van der Waals surface area contributed by atoms with Crippen LogP contribution < -0.4 is 5.32 Å². The van der Waals surface area contributed by atoms with Crippen LogP contribution >= 0.6 is 0 Å². The zero-order valence-electron chi connectivity index (χ0n) is 12.5. The molecule has 2 N–H and O–H groups in total. The van der Waals surface area contributed by atoms with Crippen LogP contribution in [0.1, 0.15) is 30.6 Å². The highest BCUT2D eigenvalue weighted by Gasteiger charge is 2.39. The fourth-order valence-corrected chi connectivity index (χ4v) is 2.33. The van der Waals surface area contributed by atoms with Crippen molar-refractivity contribution in [1.82, 2.24) is 4.90 Å². The van der Waals surface area contributed by atoms with E-state index in [1.165, 1.54) is 0 Å². The number of carbonyl (C=O) groups excluding carboxylic acids is 2. The molecular formula is C16H22N2O3. The Hall–Kier alpha value is -1.88. The Labute approximate surface area is 125 Å². The van der Waals surface area contributed by atoms with Crippen molar-refractivity contribution in [3.8, 4) is 0 Å². The quantitative estimate of drug-likeness (QED) is 0.838. The number of benzene rings is 1. The number of amides is 2. The van der Waals surface area contributed by atoms with Crippen LogP contribution in [0, 0.1) is 11.8 Å². The summed E-state index contributed by atoms with van der Waals surface area (Å²) in [6, 6.07) is 6.89. The molecule has 5 nitrogen and oxygen atoms in total. The van der Waals surface area contributed by atoms with Crippen LogP contribution in [0.15, 0.2) is 24.3 Å². The van der Waals surface area contributed by atoms with E-state index in [-0.39, 0.29) is 24.3 Å². The fourth-order valence-electron chi connectivity index (χ4n) is 2.33. The first-order valence-corrected chi connectivity index (χ1v) is 7.37. The van der Waals surface area contributed by atoms with E-state index in [1.54, 1.807) is 29.2 Å². The second-order valence-corrected chi connectivity index (χ2v) is 5.49. The van der Waals surface area contributed by atoms with Crippen molar-refractivity contribution in [2.45, 2.75) is 20.3 Å². The lowest BCUT2D eigenvalue weighted by Gasteiger charge is -2.19. The van der Waals surface area contributed by atoms with Gasteiger partial charge in [0, 0.05) is 30.3 Å². The molecule has 0 radical (unpaired) electrons. The maximum atomic E-state index is 12.2. The molecule has 0 heterocycles. The van der Waals surface area contributed by atoms with Gasteiger partial charge in [-0.3, -0.25) is 9.59 Å². The smallest absolute Gasteiger partial charge is 0.253 e. The van der Waals surface area contributed by atoms with Crippen LogP contribution in [0.2, 0.25) is 0 Å². The highest BCUT2D eigenvalue weighted by atomic mass is 16.3. The van der Waals surface area contributed by atoms with Crippen molar-refractivity contribution in [2.24, 2.45) is 11.8 Å². The molecule has 1 aromatic carbocycles. The summed E-state index contributed by atoms with van der Waals surface area (Å²) >= 11 is 0. The van der Waals surface area contributed by atoms with E-state index < -0.39 is 0 Å². The van der Waals surface area contributed by atoms with Gasteiger partial charge in [0.1, 0.15) is 0 Å². The number of nitrogens with zero attached hydrogens (tertiary/aromatic N) is 1. The number of hydrogen-bond acceptors (Lipinski definition) is 3. The highest BCUT2D eigenvalue weighted by molar-refractivity contribution is 5.97. The summed E-state index contributed by atoms with van der Waals surface area (Å²) in [5.74, 6) is 0.547. The molecular weight excluding hydrogens is 268 g/mol. The Balaban J connectivity index is 1.97. The molecule has 2 atom stereocenters. The topological polar surface area (TPSA) is 69.6 Å². The minimum absolute atomic E-state index is 0.0483. The van der Waals surface area contributed by atoms with Crippen molar-refractivity contribution >= 4 is 17.5 Å². The van der Waals surface area contributed by atoms with Crippen LogP contribution in [0.3, 0.4) is 0 Å². The van der Waals surface area contributed by atoms with Crippen LogP contribution in [0.4, 0.5) is 5.69 Å². The van der Waals surface area contributed by atoms with Crippen LogP contribution in [0.25, 0.3) is 0 Å². The molecule has 1 aromatic rings. The predicted octanol–water partition coefficient (Wildman–Crippen LogP) is 1.74. The summed E-state index contributed by atoms with van der Waals surface area (Å²) in [6.45, 7) is 4.77. The number of carbonyl (C=O) groups is 2. The van der Waals surface area contributed by atoms with E-state index in [1.807, 2.05) is 6.92 Å². The molecule has 0 saturated heterocycles. The molecule has 2 amide bonds. The molecule has 0 spiro atoms. The van der Waals surface area contributed by atoms with Gasteiger partial charge in [-0.15, -0.1) is 0 Å². The number of rotatable bonds is 6. The molecule has 5 heteroatoms. The third-order valence-electron chi connectivity index (χ3n) is 3.88. The maximum absolute atomic E-state index is 12.2. The van der Waals surface area contributed by atoms with Crippen molar-refractivity contribution in [2.75, 3.05) is 25.0 Å². The first-order valence-electron chi connectivity index (χ1n) is 7.37. The predicted molar refractivity (Wildman–Crippen MR) is 81.0 cm³/mol. The number of aliphatic hydroxyl groups is 1. The number of hydrogen-bond donors (Lipinski definition) is 2. The largest absolute Gasteiger partial charge is 0.395 e. The number of likely N-dealkylation sites (N-methyl/N-ethyl adjacent to an activating group) is 1. The SMILES string of the molecule is CCN(CCO)C(=O)c1ccc(NC(=O)C2CC2C)cc1. The zero-order chi connectivity index (χ0) is 15.4. The Morgan fingerprint density at radius 1 is 1.33 bits per heavy atom. The molecule has 114 valence electrons. The van der Waals surface area contributed by atoms with Crippen molar-refractivity contribution in [3.05, 3.63) is 29.8 Å². The van der Waals surface area contributed by atoms with Gasteiger partial charge in [0.2, 0.25) is 5.91 Å². The third-order valence-corrected chi connectivity index (χ3v) is 3.88. The van der Waals surface area contributed by atoms with E-state index in [4.69, 9.17) is 5.11 Å². The lowest BCUT2D eigenvalue weighted by molar-refractivity contribution is -0.117. The van der Waals surface area contributed by atoms with Crippen LogP contribution in [-0.2, 0) is 4.79 Å². The Morgan fingerprint density at radius 3 is 2.43 bits per heavy atom. The first-order chi connectivity index (χ1) is 10.1. The van der Waals surface area contributed by atoms with Gasteiger partial charge in [-0.05, 0) is 43.5 Å². The minimum atomic E-state index is -0.111. The van der Waals surface area contributed by atoms with E-state index in [0.717, 1.165) is 6.42 Å². The maximum Gasteiger partial charge on any atom is 0.253 e. The number of aliphatic hydroxyl groups excluding tert-OH is 1. The van der Waals surface area contributed by atoms with Gasteiger partial charge in [0.15, 0.2) is 0 Å². The van der Waals surface area contributed by atoms with E-state index in [9.17, 15) is 9.59 Å². The second-order valence-electron chi connectivity index (χ2n) is 5.49. The fraction of sp³-hybridized carbons (Fsp3) is 0.500. The van der Waals surface area contributed by atoms with Gasteiger partial charge in [-0.25, -0.2) is 0 Å². The van der Waals surface area contributed by atoms with Gasteiger partial charge in [-0.2, -0.15) is 0 Å². The third kappa shape index (κ3) is 3.82. The summed E-state index contributed by atoms with van der Waals surface area (Å²) in [5, 5.41) is 11.8. The van der Waals surface area contributed by atoms with Crippen LogP contribution in [0.5, 0.6) is 0 Å². The molecule has 1 fully saturated rings. The summed E-state index contributed by atoms with van der Waals surface area (Å²) in [4.78, 5) is 25.6. The number of anilines is 1. The first kappa shape index (κ1) is 15.5.